The van der Waals surface area contributed by atoms with E-state index >= 15 is 0 Å². The molecule has 0 aliphatic rings. The maximum absolute atomic E-state index is 9.50. The van der Waals surface area contributed by atoms with Gasteiger partial charge in [-0.05, 0) is 17.9 Å². The number of benzene rings is 1. The van der Waals surface area contributed by atoms with E-state index in [0.717, 1.165) is 10.5 Å². The van der Waals surface area contributed by atoms with E-state index in [2.05, 4.69) is 0 Å². The first kappa shape index (κ1) is 9.90. The molecule has 0 saturated carbocycles. The van der Waals surface area contributed by atoms with Crippen molar-refractivity contribution in [3.63, 3.8) is 0 Å². The maximum atomic E-state index is 9.50. The molecule has 0 radical (unpaired) electrons. The number of thioether (sulfide) groups is 1. The van der Waals surface area contributed by atoms with Gasteiger partial charge in [-0.15, -0.1) is 23.4 Å². The van der Waals surface area contributed by atoms with Gasteiger partial charge in [0, 0.05) is 4.90 Å². The molecular formula is C9H11ClOS. The molecule has 0 aromatic heterocycles. The van der Waals surface area contributed by atoms with Crippen LogP contribution < -0.4 is 0 Å². The number of hydrogen-bond donors (Lipinski definition) is 1. The molecule has 1 N–H and O–H groups in total. The smallest absolute Gasteiger partial charge is 0.0936 e. The second-order valence-electron chi connectivity index (χ2n) is 2.41. The van der Waals surface area contributed by atoms with Gasteiger partial charge in [0.2, 0.25) is 0 Å². The van der Waals surface area contributed by atoms with Crippen LogP contribution in [0.15, 0.2) is 29.2 Å². The highest BCUT2D eigenvalue weighted by Gasteiger charge is 2.09. The van der Waals surface area contributed by atoms with Gasteiger partial charge in [-0.1, -0.05) is 18.2 Å². The number of alkyl halides is 1. The van der Waals surface area contributed by atoms with Gasteiger partial charge >= 0.3 is 0 Å². The summed E-state index contributed by atoms with van der Waals surface area (Å²) in [6.45, 7) is 0. The van der Waals surface area contributed by atoms with Crippen molar-refractivity contribution in [2.24, 2.45) is 0 Å². The standard InChI is InChI=1S/C9H11ClOS/c1-12-9-5-3-2-4-7(9)8(11)6-10/h2-5,8,11H,6H2,1H3. The van der Waals surface area contributed by atoms with Crippen LogP contribution in [0.2, 0.25) is 0 Å². The number of aliphatic hydroxyl groups is 1. The van der Waals surface area contributed by atoms with Gasteiger partial charge in [0.15, 0.2) is 0 Å². The molecule has 0 spiro atoms. The monoisotopic (exact) mass is 202 g/mol. The first-order valence-electron chi connectivity index (χ1n) is 3.66. The van der Waals surface area contributed by atoms with Gasteiger partial charge in [0.05, 0.1) is 12.0 Å². The van der Waals surface area contributed by atoms with Crippen molar-refractivity contribution >= 4 is 23.4 Å². The summed E-state index contributed by atoms with van der Waals surface area (Å²) in [5, 5.41) is 9.50. The molecule has 1 atom stereocenters. The van der Waals surface area contributed by atoms with Crippen molar-refractivity contribution in [2.75, 3.05) is 12.1 Å². The summed E-state index contributed by atoms with van der Waals surface area (Å²) in [5.41, 5.74) is 0.917. The summed E-state index contributed by atoms with van der Waals surface area (Å²) in [6, 6.07) is 7.75. The van der Waals surface area contributed by atoms with Crippen molar-refractivity contribution in [3.05, 3.63) is 29.8 Å². The van der Waals surface area contributed by atoms with Crippen molar-refractivity contribution < 1.29 is 5.11 Å². The first-order chi connectivity index (χ1) is 5.79. The molecule has 66 valence electrons. The lowest BCUT2D eigenvalue weighted by Gasteiger charge is -2.10. The quantitative estimate of drug-likeness (QED) is 0.601. The third-order valence-corrected chi connectivity index (χ3v) is 2.75. The van der Waals surface area contributed by atoms with Crippen molar-refractivity contribution in [2.45, 2.75) is 11.0 Å². The van der Waals surface area contributed by atoms with Crippen molar-refractivity contribution in [1.29, 1.82) is 0 Å². The topological polar surface area (TPSA) is 20.2 Å². The summed E-state index contributed by atoms with van der Waals surface area (Å²) < 4.78 is 0. The Labute approximate surface area is 81.7 Å². The van der Waals surface area contributed by atoms with Crippen LogP contribution >= 0.6 is 23.4 Å². The fourth-order valence-corrected chi connectivity index (χ4v) is 1.85. The zero-order valence-corrected chi connectivity index (χ0v) is 8.40. The second kappa shape index (κ2) is 4.75. The second-order valence-corrected chi connectivity index (χ2v) is 3.57. The Morgan fingerprint density at radius 1 is 1.50 bits per heavy atom. The molecular weight excluding hydrogens is 192 g/mol. The van der Waals surface area contributed by atoms with Crippen LogP contribution in [0, 0.1) is 0 Å². The van der Waals surface area contributed by atoms with Crippen molar-refractivity contribution in [1.82, 2.24) is 0 Å². The molecule has 1 aromatic carbocycles. The van der Waals surface area contributed by atoms with E-state index in [1.54, 1.807) is 11.8 Å². The molecule has 0 saturated heterocycles. The van der Waals surface area contributed by atoms with Crippen LogP contribution in [0.3, 0.4) is 0 Å². The lowest BCUT2D eigenvalue weighted by Crippen LogP contribution is -1.99. The Kier molecular flexibility index (Phi) is 3.92. The molecule has 1 aromatic rings. The van der Waals surface area contributed by atoms with Crippen LogP contribution in [0.5, 0.6) is 0 Å². The van der Waals surface area contributed by atoms with Gasteiger partial charge in [-0.2, -0.15) is 0 Å². The van der Waals surface area contributed by atoms with E-state index in [0.29, 0.717) is 0 Å². The molecule has 12 heavy (non-hydrogen) atoms. The predicted molar refractivity (Wildman–Crippen MR) is 53.9 cm³/mol. The molecule has 1 unspecified atom stereocenters. The third-order valence-electron chi connectivity index (χ3n) is 1.64. The number of hydrogen-bond acceptors (Lipinski definition) is 2. The molecule has 1 nitrogen and oxygen atoms in total. The fourth-order valence-electron chi connectivity index (χ4n) is 1.02. The summed E-state index contributed by atoms with van der Waals surface area (Å²) in [6.07, 6.45) is 1.44. The number of aliphatic hydroxyl groups excluding tert-OH is 1. The molecule has 0 aliphatic heterocycles. The average Bonchev–Trinajstić information content (AvgIpc) is 2.16. The molecule has 0 amide bonds. The van der Waals surface area contributed by atoms with Crippen LogP contribution in [0.1, 0.15) is 11.7 Å². The Morgan fingerprint density at radius 3 is 2.75 bits per heavy atom. The van der Waals surface area contributed by atoms with E-state index in [4.69, 9.17) is 11.6 Å². The van der Waals surface area contributed by atoms with Crippen LogP contribution in [0.4, 0.5) is 0 Å². The van der Waals surface area contributed by atoms with Gasteiger partial charge in [0.25, 0.3) is 0 Å². The van der Waals surface area contributed by atoms with Crippen LogP contribution in [0.25, 0.3) is 0 Å². The maximum Gasteiger partial charge on any atom is 0.0936 e. The molecule has 1 rings (SSSR count). The molecule has 0 aliphatic carbocycles. The Balaban J connectivity index is 2.96. The number of halogens is 1. The van der Waals surface area contributed by atoms with Gasteiger partial charge < -0.3 is 5.11 Å². The minimum atomic E-state index is -0.546. The van der Waals surface area contributed by atoms with E-state index in [1.165, 1.54) is 0 Å². The Hall–Kier alpha value is -0.180. The molecule has 0 bridgehead atoms. The minimum Gasteiger partial charge on any atom is -0.387 e. The number of rotatable bonds is 3. The van der Waals surface area contributed by atoms with Crippen molar-refractivity contribution in [3.8, 4) is 0 Å². The third kappa shape index (κ3) is 2.16. The molecule has 0 fully saturated rings. The fraction of sp³-hybridized carbons (Fsp3) is 0.333. The minimum absolute atomic E-state index is 0.248. The molecule has 0 heterocycles. The largest absolute Gasteiger partial charge is 0.387 e. The average molecular weight is 203 g/mol. The Morgan fingerprint density at radius 2 is 2.17 bits per heavy atom. The zero-order valence-electron chi connectivity index (χ0n) is 6.83. The summed E-state index contributed by atoms with van der Waals surface area (Å²) in [7, 11) is 0. The van der Waals surface area contributed by atoms with E-state index in [1.807, 2.05) is 30.5 Å². The summed E-state index contributed by atoms with van der Waals surface area (Å²) in [4.78, 5) is 1.09. The molecule has 3 heteroatoms. The normalized spacial score (nSPS) is 12.9. The van der Waals surface area contributed by atoms with Gasteiger partial charge in [0.1, 0.15) is 0 Å². The van der Waals surface area contributed by atoms with Crippen LogP contribution in [-0.4, -0.2) is 17.2 Å². The Bertz CT molecular complexity index is 252. The van der Waals surface area contributed by atoms with Gasteiger partial charge in [-0.3, -0.25) is 0 Å². The highest BCUT2D eigenvalue weighted by Crippen LogP contribution is 2.25. The SMILES string of the molecule is CSc1ccccc1C(O)CCl. The van der Waals surface area contributed by atoms with Crippen LogP contribution in [-0.2, 0) is 0 Å². The zero-order chi connectivity index (χ0) is 8.97. The first-order valence-corrected chi connectivity index (χ1v) is 5.42. The highest BCUT2D eigenvalue weighted by atomic mass is 35.5. The van der Waals surface area contributed by atoms with E-state index in [-0.39, 0.29) is 5.88 Å². The lowest BCUT2D eigenvalue weighted by molar-refractivity contribution is 0.200. The van der Waals surface area contributed by atoms with E-state index in [9.17, 15) is 5.11 Å². The lowest BCUT2D eigenvalue weighted by atomic mass is 10.1. The predicted octanol–water partition coefficient (Wildman–Crippen LogP) is 2.68. The van der Waals surface area contributed by atoms with Gasteiger partial charge in [-0.25, -0.2) is 0 Å². The van der Waals surface area contributed by atoms with E-state index < -0.39 is 6.10 Å². The summed E-state index contributed by atoms with van der Waals surface area (Å²) >= 11 is 7.18. The summed E-state index contributed by atoms with van der Waals surface area (Å²) in [5.74, 6) is 0.248. The highest BCUT2D eigenvalue weighted by molar-refractivity contribution is 7.98.